The molecule has 0 heterocycles. The Morgan fingerprint density at radius 1 is 1.83 bits per heavy atom. The van der Waals surface area contributed by atoms with Gasteiger partial charge in [0.2, 0.25) is 0 Å². The van der Waals surface area contributed by atoms with Crippen molar-refractivity contribution in [3.05, 3.63) is 12.8 Å². The second kappa shape index (κ2) is 4.76. The molecule has 0 atom stereocenters. The zero-order chi connectivity index (χ0) is 4.83. The number of rotatable bonds is 3. The molecule has 6 heavy (non-hydrogen) atoms. The summed E-state index contributed by atoms with van der Waals surface area (Å²) >= 11 is 0. The Bertz CT molecular complexity index is 36.5. The fourth-order valence-corrected chi connectivity index (χ4v) is 0.437. The third-order valence-corrected chi connectivity index (χ3v) is 0.848. The fraction of sp³-hybridized carbons (Fsp3) is 0.500. The summed E-state index contributed by atoms with van der Waals surface area (Å²) in [5.41, 5.74) is 0. The highest BCUT2D eigenvalue weighted by atomic mass is 28.1. The molecule has 0 saturated carbocycles. The Labute approximate surface area is 41.4 Å². The van der Waals surface area contributed by atoms with Gasteiger partial charge in [-0.05, 0) is 6.04 Å². The fourth-order valence-electron chi connectivity index (χ4n) is 0.201. The number of hydrogen-bond donors (Lipinski definition) is 0. The van der Waals surface area contributed by atoms with Crippen LogP contribution in [-0.2, 0) is 4.74 Å². The normalized spacial score (nSPS) is 8.00. The minimum atomic E-state index is 0.857. The molecule has 36 valence electrons. The smallest absolute Gasteiger partial charge is 0.0841 e. The zero-order valence-corrected chi connectivity index (χ0v) is 6.11. The van der Waals surface area contributed by atoms with Gasteiger partial charge in [-0.25, -0.2) is 0 Å². The van der Waals surface area contributed by atoms with Crippen LogP contribution in [0.1, 0.15) is 0 Å². The zero-order valence-electron chi connectivity index (χ0n) is 4.11. The minimum Gasteiger partial charge on any atom is -0.502 e. The van der Waals surface area contributed by atoms with E-state index in [1.165, 1.54) is 22.5 Å². The molecular formula is C4H10OSi. The van der Waals surface area contributed by atoms with Crippen molar-refractivity contribution in [2.24, 2.45) is 0 Å². The van der Waals surface area contributed by atoms with Crippen LogP contribution < -0.4 is 0 Å². The van der Waals surface area contributed by atoms with E-state index in [9.17, 15) is 0 Å². The van der Waals surface area contributed by atoms with Crippen LogP contribution >= 0.6 is 0 Å². The summed E-state index contributed by atoms with van der Waals surface area (Å²) in [5, 5.41) is 0. The van der Waals surface area contributed by atoms with Crippen LogP contribution in [0, 0.1) is 0 Å². The first-order chi connectivity index (χ1) is 2.91. The van der Waals surface area contributed by atoms with E-state index in [-0.39, 0.29) is 0 Å². The van der Waals surface area contributed by atoms with E-state index in [4.69, 9.17) is 4.74 Å². The highest BCUT2D eigenvalue weighted by Crippen LogP contribution is 1.74. The molecule has 0 aromatic heterocycles. The van der Waals surface area contributed by atoms with E-state index in [2.05, 4.69) is 6.58 Å². The van der Waals surface area contributed by atoms with Gasteiger partial charge >= 0.3 is 0 Å². The first kappa shape index (κ1) is 5.76. The van der Waals surface area contributed by atoms with Crippen LogP contribution in [0.4, 0.5) is 0 Å². The lowest BCUT2D eigenvalue weighted by Crippen LogP contribution is -1.81. The van der Waals surface area contributed by atoms with Crippen molar-refractivity contribution in [3.8, 4) is 0 Å². The molecule has 0 saturated heterocycles. The Balaban J connectivity index is 2.49. The van der Waals surface area contributed by atoms with E-state index in [0.717, 1.165) is 6.61 Å². The molecule has 0 N–H and O–H groups in total. The van der Waals surface area contributed by atoms with Gasteiger partial charge in [-0.15, -0.1) is 0 Å². The molecule has 0 spiro atoms. The van der Waals surface area contributed by atoms with Crippen molar-refractivity contribution in [3.63, 3.8) is 0 Å². The van der Waals surface area contributed by atoms with Gasteiger partial charge in [0.15, 0.2) is 0 Å². The predicted octanol–water partition coefficient (Wildman–Crippen LogP) is -0.0698. The van der Waals surface area contributed by atoms with E-state index < -0.39 is 0 Å². The summed E-state index contributed by atoms with van der Waals surface area (Å²) in [6.45, 7) is 4.25. The molecule has 0 aromatic rings. The van der Waals surface area contributed by atoms with Crippen molar-refractivity contribution in [2.45, 2.75) is 6.04 Å². The predicted molar refractivity (Wildman–Crippen MR) is 30.9 cm³/mol. The maximum Gasteiger partial charge on any atom is 0.0841 e. The molecule has 0 bridgehead atoms. The van der Waals surface area contributed by atoms with Gasteiger partial charge in [0.1, 0.15) is 0 Å². The lowest BCUT2D eigenvalue weighted by molar-refractivity contribution is 0.271. The quantitative estimate of drug-likeness (QED) is 0.275. The molecular weight excluding hydrogens is 92.1 g/mol. The monoisotopic (exact) mass is 102 g/mol. The summed E-state index contributed by atoms with van der Waals surface area (Å²) in [7, 11) is 1.23. The SMILES string of the molecule is C=COCC[SiH3]. The standard InChI is InChI=1S/C4H10OSi/c1-2-5-3-4-6/h2H,1,3-4H2,6H3. The highest BCUT2D eigenvalue weighted by molar-refractivity contribution is 6.08. The van der Waals surface area contributed by atoms with Gasteiger partial charge in [0, 0.05) is 10.2 Å². The van der Waals surface area contributed by atoms with E-state index in [1.807, 2.05) is 0 Å². The maximum atomic E-state index is 4.78. The third kappa shape index (κ3) is 3.76. The van der Waals surface area contributed by atoms with Gasteiger partial charge in [0.25, 0.3) is 0 Å². The van der Waals surface area contributed by atoms with Gasteiger partial charge in [-0.3, -0.25) is 0 Å². The summed E-state index contributed by atoms with van der Waals surface area (Å²) in [6, 6.07) is 1.20. The van der Waals surface area contributed by atoms with Crippen molar-refractivity contribution in [1.29, 1.82) is 0 Å². The van der Waals surface area contributed by atoms with Gasteiger partial charge in [-0.1, -0.05) is 6.58 Å². The average Bonchev–Trinajstić information content (AvgIpc) is 1.61. The Morgan fingerprint density at radius 3 is 2.67 bits per heavy atom. The van der Waals surface area contributed by atoms with Gasteiger partial charge < -0.3 is 4.74 Å². The van der Waals surface area contributed by atoms with Crippen molar-refractivity contribution in [1.82, 2.24) is 0 Å². The summed E-state index contributed by atoms with van der Waals surface area (Å²) in [4.78, 5) is 0. The molecule has 2 heteroatoms. The molecule has 0 aliphatic carbocycles. The van der Waals surface area contributed by atoms with E-state index >= 15 is 0 Å². The minimum absolute atomic E-state index is 0.857. The molecule has 0 rings (SSSR count). The molecule has 0 unspecified atom stereocenters. The van der Waals surface area contributed by atoms with Gasteiger partial charge in [-0.2, -0.15) is 0 Å². The third-order valence-electron chi connectivity index (χ3n) is 0.440. The molecule has 0 radical (unpaired) electrons. The summed E-state index contributed by atoms with van der Waals surface area (Å²) in [5.74, 6) is 0. The second-order valence-electron chi connectivity index (χ2n) is 1.04. The van der Waals surface area contributed by atoms with Gasteiger partial charge in [0.05, 0.1) is 12.9 Å². The Morgan fingerprint density at radius 2 is 2.50 bits per heavy atom. The first-order valence-electron chi connectivity index (χ1n) is 2.14. The van der Waals surface area contributed by atoms with Crippen LogP contribution in [0.3, 0.4) is 0 Å². The van der Waals surface area contributed by atoms with Crippen LogP contribution in [0.25, 0.3) is 0 Å². The Kier molecular flexibility index (Phi) is 4.56. The molecule has 1 nitrogen and oxygen atoms in total. The lowest BCUT2D eigenvalue weighted by atomic mass is 10.8. The largest absolute Gasteiger partial charge is 0.502 e. The van der Waals surface area contributed by atoms with Crippen molar-refractivity contribution >= 4 is 10.2 Å². The highest BCUT2D eigenvalue weighted by Gasteiger charge is 1.68. The first-order valence-corrected chi connectivity index (χ1v) is 3.55. The van der Waals surface area contributed by atoms with E-state index in [0.29, 0.717) is 0 Å². The van der Waals surface area contributed by atoms with E-state index in [1.54, 1.807) is 0 Å². The average molecular weight is 102 g/mol. The molecule has 0 aliphatic heterocycles. The second-order valence-corrected chi connectivity index (χ2v) is 2.04. The lowest BCUT2D eigenvalue weighted by Gasteiger charge is -1.90. The maximum absolute atomic E-state index is 4.78. The van der Waals surface area contributed by atoms with Crippen LogP contribution in [0.15, 0.2) is 12.8 Å². The topological polar surface area (TPSA) is 9.23 Å². The summed E-state index contributed by atoms with van der Waals surface area (Å²) in [6.07, 6.45) is 1.48. The van der Waals surface area contributed by atoms with Crippen LogP contribution in [0.5, 0.6) is 0 Å². The van der Waals surface area contributed by atoms with Crippen LogP contribution in [0.2, 0.25) is 6.04 Å². The number of hydrogen-bond acceptors (Lipinski definition) is 1. The number of ether oxygens (including phenoxy) is 1. The molecule has 0 amide bonds. The summed E-state index contributed by atoms with van der Waals surface area (Å²) < 4.78 is 4.78. The van der Waals surface area contributed by atoms with Crippen LogP contribution in [-0.4, -0.2) is 16.8 Å². The van der Waals surface area contributed by atoms with Crippen molar-refractivity contribution in [2.75, 3.05) is 6.61 Å². The molecule has 0 aromatic carbocycles. The molecule has 0 aliphatic rings. The Hall–Kier alpha value is -0.243. The molecule has 0 fully saturated rings. The van der Waals surface area contributed by atoms with Crippen molar-refractivity contribution < 1.29 is 4.74 Å².